The molecule has 0 aromatic carbocycles. The van der Waals surface area contributed by atoms with Crippen molar-refractivity contribution in [3.05, 3.63) is 0 Å². The number of hydrogen-bond donors (Lipinski definition) is 1. The highest BCUT2D eigenvalue weighted by molar-refractivity contribution is 7.91. The Morgan fingerprint density at radius 3 is 2.28 bits per heavy atom. The second-order valence-corrected chi connectivity index (χ2v) is 8.17. The molecule has 0 atom stereocenters. The predicted octanol–water partition coefficient (Wildman–Crippen LogP) is 1.44. The smallest absolute Gasteiger partial charge is 0.150 e. The molecule has 1 N–H and O–H groups in total. The molecule has 0 amide bonds. The minimum Gasteiger partial charge on any atom is -0.390 e. The van der Waals surface area contributed by atoms with Crippen LogP contribution in [0.3, 0.4) is 0 Å². The van der Waals surface area contributed by atoms with E-state index in [4.69, 9.17) is 0 Å². The minimum absolute atomic E-state index is 0.201. The van der Waals surface area contributed by atoms with Crippen LogP contribution in [0.15, 0.2) is 0 Å². The summed E-state index contributed by atoms with van der Waals surface area (Å²) in [6.45, 7) is 7.82. The van der Waals surface area contributed by atoms with Crippen LogP contribution in [0.25, 0.3) is 0 Å². The van der Waals surface area contributed by atoms with Crippen LogP contribution in [0.1, 0.15) is 46.5 Å². The van der Waals surface area contributed by atoms with Crippen LogP contribution in [-0.2, 0) is 9.84 Å². The molecule has 0 saturated carbocycles. The number of rotatable bonds is 6. The molecule has 1 aliphatic rings. The molecule has 5 heteroatoms. The molecule has 0 radical (unpaired) electrons. The van der Waals surface area contributed by atoms with Gasteiger partial charge < -0.3 is 10.0 Å². The number of hydrogen-bond acceptors (Lipinski definition) is 4. The Labute approximate surface area is 111 Å². The normalized spacial score (nSPS) is 21.4. The molecule has 1 aliphatic heterocycles. The molecule has 0 bridgehead atoms. The second kappa shape index (κ2) is 6.35. The Kier molecular flexibility index (Phi) is 5.62. The van der Waals surface area contributed by atoms with Gasteiger partial charge in [0.1, 0.15) is 9.84 Å². The van der Waals surface area contributed by atoms with Crippen LogP contribution in [0.5, 0.6) is 0 Å². The van der Waals surface area contributed by atoms with Gasteiger partial charge in [-0.1, -0.05) is 6.92 Å². The molecule has 0 aromatic rings. The van der Waals surface area contributed by atoms with Crippen LogP contribution < -0.4 is 0 Å². The lowest BCUT2D eigenvalue weighted by atomic mass is 9.87. The van der Waals surface area contributed by atoms with Crippen molar-refractivity contribution in [3.63, 3.8) is 0 Å². The summed E-state index contributed by atoms with van der Waals surface area (Å²) in [5.74, 6) is 0.409. The predicted molar refractivity (Wildman–Crippen MR) is 74.5 cm³/mol. The fraction of sp³-hybridized carbons (Fsp3) is 1.00. The van der Waals surface area contributed by atoms with E-state index in [2.05, 4.69) is 18.7 Å². The Bertz CT molecular complexity index is 343. The number of sulfone groups is 1. The van der Waals surface area contributed by atoms with E-state index < -0.39 is 15.4 Å². The van der Waals surface area contributed by atoms with Gasteiger partial charge in [0.05, 0.1) is 11.4 Å². The van der Waals surface area contributed by atoms with Gasteiger partial charge >= 0.3 is 0 Å². The van der Waals surface area contributed by atoms with Gasteiger partial charge in [-0.3, -0.25) is 0 Å². The van der Waals surface area contributed by atoms with Crippen LogP contribution in [0.4, 0.5) is 0 Å². The van der Waals surface area contributed by atoms with Crippen LogP contribution >= 0.6 is 0 Å². The molecule has 0 spiro atoms. The highest BCUT2D eigenvalue weighted by Gasteiger charge is 2.32. The van der Waals surface area contributed by atoms with E-state index in [0.717, 1.165) is 25.9 Å². The molecule has 1 fully saturated rings. The molecule has 0 aliphatic carbocycles. The molecular weight excluding hydrogens is 250 g/mol. The van der Waals surface area contributed by atoms with Gasteiger partial charge in [-0.15, -0.1) is 0 Å². The first-order valence-corrected chi connectivity index (χ1v) is 8.77. The van der Waals surface area contributed by atoms with Gasteiger partial charge in [0, 0.05) is 24.9 Å². The van der Waals surface area contributed by atoms with Gasteiger partial charge in [0.2, 0.25) is 0 Å². The summed E-state index contributed by atoms with van der Waals surface area (Å²) in [4.78, 5) is 2.36. The molecule has 108 valence electrons. The van der Waals surface area contributed by atoms with E-state index in [1.54, 1.807) is 6.92 Å². The van der Waals surface area contributed by atoms with Crippen LogP contribution in [0, 0.1) is 0 Å². The lowest BCUT2D eigenvalue weighted by Crippen LogP contribution is -2.46. The summed E-state index contributed by atoms with van der Waals surface area (Å²) < 4.78 is 22.8. The molecule has 0 unspecified atom stereocenters. The zero-order valence-electron chi connectivity index (χ0n) is 11.9. The maximum atomic E-state index is 11.4. The van der Waals surface area contributed by atoms with Crippen molar-refractivity contribution in [1.82, 2.24) is 4.90 Å². The van der Waals surface area contributed by atoms with E-state index in [0.29, 0.717) is 18.9 Å². The molecule has 18 heavy (non-hydrogen) atoms. The zero-order chi connectivity index (χ0) is 13.8. The average molecular weight is 277 g/mol. The van der Waals surface area contributed by atoms with Crippen molar-refractivity contribution in [1.29, 1.82) is 0 Å². The summed E-state index contributed by atoms with van der Waals surface area (Å²) in [6.07, 6.45) is 2.71. The molecule has 1 heterocycles. The van der Waals surface area contributed by atoms with E-state index in [9.17, 15) is 13.5 Å². The molecule has 0 aromatic heterocycles. The molecule has 1 rings (SSSR count). The summed E-state index contributed by atoms with van der Waals surface area (Å²) in [6, 6.07) is 0.523. The molecular formula is C13H27NO3S. The summed E-state index contributed by atoms with van der Waals surface area (Å²) in [5, 5.41) is 10.4. The van der Waals surface area contributed by atoms with Gasteiger partial charge in [-0.25, -0.2) is 8.42 Å². The first-order valence-electron chi connectivity index (χ1n) is 6.95. The zero-order valence-corrected chi connectivity index (χ0v) is 12.7. The van der Waals surface area contributed by atoms with Crippen LogP contribution in [0.2, 0.25) is 0 Å². The number of aliphatic hydroxyl groups is 1. The number of piperidine rings is 1. The number of nitrogens with zero attached hydrogens (tertiary/aromatic N) is 1. The number of likely N-dealkylation sites (tertiary alicyclic amines) is 1. The third-order valence-corrected chi connectivity index (χ3v) is 5.79. The largest absolute Gasteiger partial charge is 0.390 e. The first-order chi connectivity index (χ1) is 8.28. The topological polar surface area (TPSA) is 57.6 Å². The van der Waals surface area contributed by atoms with Crippen molar-refractivity contribution >= 4 is 9.84 Å². The summed E-state index contributed by atoms with van der Waals surface area (Å²) >= 11 is 0. The SMILES string of the molecule is CCS(=O)(=O)CCCC1(O)CCN(C(C)C)CC1. The van der Waals surface area contributed by atoms with Gasteiger partial charge in [-0.05, 0) is 39.5 Å². The van der Waals surface area contributed by atoms with Gasteiger partial charge in [0.15, 0.2) is 0 Å². The van der Waals surface area contributed by atoms with Crippen molar-refractivity contribution in [2.75, 3.05) is 24.6 Å². The van der Waals surface area contributed by atoms with Crippen LogP contribution in [-0.4, -0.2) is 54.7 Å². The minimum atomic E-state index is -2.89. The molecule has 4 nitrogen and oxygen atoms in total. The van der Waals surface area contributed by atoms with E-state index in [-0.39, 0.29) is 11.5 Å². The third kappa shape index (κ3) is 4.86. The van der Waals surface area contributed by atoms with Crippen molar-refractivity contribution in [2.45, 2.75) is 58.1 Å². The summed E-state index contributed by atoms with van der Waals surface area (Å²) in [7, 11) is -2.89. The Hall–Kier alpha value is -0.130. The van der Waals surface area contributed by atoms with E-state index >= 15 is 0 Å². The maximum Gasteiger partial charge on any atom is 0.150 e. The average Bonchev–Trinajstić information content (AvgIpc) is 2.29. The standard InChI is InChI=1S/C13H27NO3S/c1-4-18(16,17)11-5-6-13(15)7-9-14(10-8-13)12(2)3/h12,15H,4-11H2,1-3H3. The van der Waals surface area contributed by atoms with E-state index in [1.807, 2.05) is 0 Å². The highest BCUT2D eigenvalue weighted by Crippen LogP contribution is 2.28. The summed E-state index contributed by atoms with van der Waals surface area (Å²) in [5.41, 5.74) is -0.644. The van der Waals surface area contributed by atoms with E-state index in [1.165, 1.54) is 0 Å². The maximum absolute atomic E-state index is 11.4. The lowest BCUT2D eigenvalue weighted by Gasteiger charge is -2.40. The Morgan fingerprint density at radius 1 is 1.28 bits per heavy atom. The van der Waals surface area contributed by atoms with Gasteiger partial charge in [-0.2, -0.15) is 0 Å². The fourth-order valence-corrected chi connectivity index (χ4v) is 3.34. The Balaban J connectivity index is 2.35. The van der Waals surface area contributed by atoms with Crippen molar-refractivity contribution in [2.24, 2.45) is 0 Å². The Morgan fingerprint density at radius 2 is 1.83 bits per heavy atom. The highest BCUT2D eigenvalue weighted by atomic mass is 32.2. The first kappa shape index (κ1) is 15.9. The quantitative estimate of drug-likeness (QED) is 0.798. The lowest BCUT2D eigenvalue weighted by molar-refractivity contribution is -0.0339. The fourth-order valence-electron chi connectivity index (χ4n) is 2.47. The second-order valence-electron chi connectivity index (χ2n) is 5.69. The third-order valence-electron chi connectivity index (χ3n) is 4.00. The monoisotopic (exact) mass is 277 g/mol. The van der Waals surface area contributed by atoms with Crippen molar-refractivity contribution in [3.8, 4) is 0 Å². The van der Waals surface area contributed by atoms with Crippen molar-refractivity contribution < 1.29 is 13.5 Å². The molecule has 1 saturated heterocycles. The van der Waals surface area contributed by atoms with Gasteiger partial charge in [0.25, 0.3) is 0 Å².